The number of ether oxygens (including phenoxy) is 1. The number of phenolic OH excluding ortho intramolecular Hbond substituents is 1. The smallest absolute Gasteiger partial charge is 0.172 e. The van der Waals surface area contributed by atoms with Gasteiger partial charge in [0.05, 0.1) is 17.1 Å². The normalized spacial score (nSPS) is 11.2. The van der Waals surface area contributed by atoms with Crippen molar-refractivity contribution in [2.75, 3.05) is 7.11 Å². The van der Waals surface area contributed by atoms with E-state index < -0.39 is 0 Å². The van der Waals surface area contributed by atoms with Gasteiger partial charge in [-0.2, -0.15) is 0 Å². The molecular formula is C18H14BrNO2. The third-order valence-electron chi connectivity index (χ3n) is 3.41. The van der Waals surface area contributed by atoms with E-state index in [1.807, 2.05) is 42.5 Å². The van der Waals surface area contributed by atoms with E-state index >= 15 is 0 Å². The Labute approximate surface area is 137 Å². The zero-order valence-corrected chi connectivity index (χ0v) is 13.5. The van der Waals surface area contributed by atoms with Gasteiger partial charge in [0.15, 0.2) is 11.5 Å². The monoisotopic (exact) mass is 355 g/mol. The quantitative estimate of drug-likeness (QED) is 0.727. The Morgan fingerprint density at radius 1 is 1.14 bits per heavy atom. The molecule has 2 aromatic carbocycles. The second kappa shape index (κ2) is 6.20. The predicted octanol–water partition coefficient (Wildman–Crippen LogP) is 4.88. The molecule has 110 valence electrons. The Bertz CT molecular complexity index is 854. The maximum Gasteiger partial charge on any atom is 0.172 e. The van der Waals surface area contributed by atoms with Crippen LogP contribution in [0.4, 0.5) is 0 Å². The van der Waals surface area contributed by atoms with Gasteiger partial charge in [0, 0.05) is 11.6 Å². The summed E-state index contributed by atoms with van der Waals surface area (Å²) < 4.78 is 5.77. The lowest BCUT2D eigenvalue weighted by atomic mass is 10.1. The number of methoxy groups -OCH3 is 1. The first-order valence-corrected chi connectivity index (χ1v) is 7.56. The van der Waals surface area contributed by atoms with E-state index in [2.05, 4.69) is 27.0 Å². The highest BCUT2D eigenvalue weighted by Gasteiger charge is 2.07. The molecule has 0 unspecified atom stereocenters. The summed E-state index contributed by atoms with van der Waals surface area (Å²) in [6.45, 7) is 0. The lowest BCUT2D eigenvalue weighted by Crippen LogP contribution is -1.86. The van der Waals surface area contributed by atoms with Crippen molar-refractivity contribution < 1.29 is 9.84 Å². The number of benzene rings is 2. The van der Waals surface area contributed by atoms with Crippen LogP contribution in [0.3, 0.4) is 0 Å². The fraction of sp³-hybridized carbons (Fsp3) is 0.0556. The number of para-hydroxylation sites is 1. The Kier molecular flexibility index (Phi) is 4.11. The number of nitrogens with zero attached hydrogens (tertiary/aromatic N) is 1. The van der Waals surface area contributed by atoms with Crippen LogP contribution >= 0.6 is 15.9 Å². The molecule has 3 rings (SSSR count). The van der Waals surface area contributed by atoms with Crippen LogP contribution in [0.1, 0.15) is 11.1 Å². The maximum absolute atomic E-state index is 9.84. The number of aromatic nitrogens is 1. The van der Waals surface area contributed by atoms with Gasteiger partial charge in [-0.25, -0.2) is 0 Å². The Morgan fingerprint density at radius 3 is 2.77 bits per heavy atom. The molecule has 0 atom stereocenters. The zero-order valence-electron chi connectivity index (χ0n) is 12.0. The minimum atomic E-state index is 0.106. The molecule has 0 spiro atoms. The molecule has 3 aromatic rings. The summed E-state index contributed by atoms with van der Waals surface area (Å²) in [6, 6.07) is 13.6. The van der Waals surface area contributed by atoms with Crippen molar-refractivity contribution in [3.8, 4) is 11.5 Å². The number of pyridine rings is 1. The van der Waals surface area contributed by atoms with Crippen LogP contribution in [0.25, 0.3) is 23.1 Å². The summed E-state index contributed by atoms with van der Waals surface area (Å²) in [5, 5.41) is 10.9. The molecule has 1 aromatic heterocycles. The third kappa shape index (κ3) is 2.83. The summed E-state index contributed by atoms with van der Waals surface area (Å²) in [6.07, 6.45) is 5.81. The van der Waals surface area contributed by atoms with E-state index in [4.69, 9.17) is 4.74 Å². The first-order valence-electron chi connectivity index (χ1n) is 6.77. The largest absolute Gasteiger partial charge is 0.503 e. The summed E-state index contributed by atoms with van der Waals surface area (Å²) in [4.78, 5) is 4.36. The van der Waals surface area contributed by atoms with Crippen LogP contribution in [0.15, 0.2) is 53.1 Å². The molecule has 4 heteroatoms. The topological polar surface area (TPSA) is 42.4 Å². The van der Waals surface area contributed by atoms with Crippen molar-refractivity contribution in [3.05, 3.63) is 64.3 Å². The van der Waals surface area contributed by atoms with Crippen LogP contribution in [-0.4, -0.2) is 17.2 Å². The molecule has 0 saturated heterocycles. The van der Waals surface area contributed by atoms with Crippen molar-refractivity contribution in [1.29, 1.82) is 0 Å². The second-order valence-electron chi connectivity index (χ2n) is 4.80. The molecule has 0 amide bonds. The van der Waals surface area contributed by atoms with E-state index in [1.165, 1.54) is 7.11 Å². The van der Waals surface area contributed by atoms with Gasteiger partial charge in [-0.15, -0.1) is 0 Å². The number of halogens is 1. The first kappa shape index (κ1) is 14.6. The molecule has 3 nitrogen and oxygen atoms in total. The van der Waals surface area contributed by atoms with Gasteiger partial charge in [-0.3, -0.25) is 4.98 Å². The molecule has 0 aliphatic heterocycles. The summed E-state index contributed by atoms with van der Waals surface area (Å²) in [7, 11) is 1.53. The average molecular weight is 356 g/mol. The summed E-state index contributed by atoms with van der Waals surface area (Å²) in [5.41, 5.74) is 2.99. The Morgan fingerprint density at radius 2 is 1.95 bits per heavy atom. The van der Waals surface area contributed by atoms with E-state index in [0.717, 1.165) is 22.0 Å². The minimum absolute atomic E-state index is 0.106. The molecule has 0 bridgehead atoms. The molecular weight excluding hydrogens is 342 g/mol. The van der Waals surface area contributed by atoms with Gasteiger partial charge < -0.3 is 9.84 Å². The summed E-state index contributed by atoms with van der Waals surface area (Å²) >= 11 is 3.33. The highest BCUT2D eigenvalue weighted by molar-refractivity contribution is 9.10. The fourth-order valence-corrected chi connectivity index (χ4v) is 2.75. The predicted molar refractivity (Wildman–Crippen MR) is 93.0 cm³/mol. The molecule has 0 aliphatic carbocycles. The van der Waals surface area contributed by atoms with Crippen LogP contribution < -0.4 is 4.74 Å². The average Bonchev–Trinajstić information content (AvgIpc) is 2.55. The van der Waals surface area contributed by atoms with E-state index in [0.29, 0.717) is 10.2 Å². The van der Waals surface area contributed by atoms with E-state index in [9.17, 15) is 5.11 Å². The van der Waals surface area contributed by atoms with Gasteiger partial charge in [0.2, 0.25) is 0 Å². The molecule has 1 N–H and O–H groups in total. The van der Waals surface area contributed by atoms with Crippen molar-refractivity contribution >= 4 is 39.0 Å². The van der Waals surface area contributed by atoms with Crippen molar-refractivity contribution in [2.24, 2.45) is 0 Å². The number of fused-ring (bicyclic) bond motifs is 1. The summed E-state index contributed by atoms with van der Waals surface area (Å²) in [5.74, 6) is 0.544. The second-order valence-corrected chi connectivity index (χ2v) is 5.66. The van der Waals surface area contributed by atoms with Crippen LogP contribution in [-0.2, 0) is 0 Å². The van der Waals surface area contributed by atoms with Crippen molar-refractivity contribution in [2.45, 2.75) is 0 Å². The van der Waals surface area contributed by atoms with Gasteiger partial charge in [-0.05, 0) is 51.3 Å². The van der Waals surface area contributed by atoms with Crippen LogP contribution in [0.5, 0.6) is 11.5 Å². The first-order chi connectivity index (χ1) is 10.7. The van der Waals surface area contributed by atoms with Crippen molar-refractivity contribution in [3.63, 3.8) is 0 Å². The van der Waals surface area contributed by atoms with Crippen molar-refractivity contribution in [1.82, 2.24) is 4.98 Å². The number of hydrogen-bond acceptors (Lipinski definition) is 3. The fourth-order valence-electron chi connectivity index (χ4n) is 2.29. The van der Waals surface area contributed by atoms with Crippen LogP contribution in [0, 0.1) is 0 Å². The third-order valence-corrected chi connectivity index (χ3v) is 4.01. The Hall–Kier alpha value is -2.33. The Balaban J connectivity index is 2.02. The molecule has 0 aliphatic rings. The highest BCUT2D eigenvalue weighted by Crippen LogP contribution is 2.35. The standard InChI is InChI=1S/C18H14BrNO2/c1-22-17-11-12(10-15(19)18(17)21)6-7-13-8-9-20-16-5-3-2-4-14(13)16/h2-11,21H,1H3. The lowest BCUT2D eigenvalue weighted by Gasteiger charge is -2.06. The SMILES string of the molecule is COc1cc(C=Cc2ccnc3ccccc23)cc(Br)c1O. The van der Waals surface area contributed by atoms with Crippen LogP contribution in [0.2, 0.25) is 0 Å². The zero-order chi connectivity index (χ0) is 15.5. The maximum atomic E-state index is 9.84. The lowest BCUT2D eigenvalue weighted by molar-refractivity contribution is 0.372. The number of rotatable bonds is 3. The number of aromatic hydroxyl groups is 1. The van der Waals surface area contributed by atoms with Gasteiger partial charge >= 0.3 is 0 Å². The van der Waals surface area contributed by atoms with E-state index in [-0.39, 0.29) is 5.75 Å². The van der Waals surface area contributed by atoms with E-state index in [1.54, 1.807) is 12.3 Å². The minimum Gasteiger partial charge on any atom is -0.503 e. The number of hydrogen-bond donors (Lipinski definition) is 1. The van der Waals surface area contributed by atoms with Gasteiger partial charge in [-0.1, -0.05) is 30.4 Å². The van der Waals surface area contributed by atoms with Gasteiger partial charge in [0.1, 0.15) is 0 Å². The van der Waals surface area contributed by atoms with Gasteiger partial charge in [0.25, 0.3) is 0 Å². The number of phenols is 1. The molecule has 1 heterocycles. The highest BCUT2D eigenvalue weighted by atomic mass is 79.9. The molecule has 22 heavy (non-hydrogen) atoms. The molecule has 0 saturated carbocycles. The molecule has 0 fully saturated rings. The molecule has 0 radical (unpaired) electrons.